The van der Waals surface area contributed by atoms with Crippen molar-refractivity contribution < 1.29 is 23.9 Å². The smallest absolute Gasteiger partial charge is 0.295 e. The van der Waals surface area contributed by atoms with E-state index in [1.54, 1.807) is 91.5 Å². The van der Waals surface area contributed by atoms with Gasteiger partial charge in [-0.25, -0.2) is 4.68 Å². The standard InChI is InChI=1S/C43H39N5O6S/c1-28-38(43(52)48(47(28)2)33-20-12-7-13-21-33)46-42(51)39(30-15-8-5-9-16-30)55-34-22-14-19-32(27-34)44-41(50)35(45-40(49)31-17-10-6-11-18-31)25-29-23-24-36(53-3)37(26-29)54-4/h5-27,39H,1-4H3,(H,44,50)(H,45,49)(H,46,51)/b35-25+. The van der Waals surface area contributed by atoms with E-state index >= 15 is 0 Å². The first-order valence-electron chi connectivity index (χ1n) is 17.2. The lowest BCUT2D eigenvalue weighted by molar-refractivity contribution is -0.116. The van der Waals surface area contributed by atoms with Crippen molar-refractivity contribution in [2.45, 2.75) is 17.1 Å². The molecule has 0 spiro atoms. The Morgan fingerprint density at radius 2 is 1.40 bits per heavy atom. The molecule has 6 aromatic rings. The summed E-state index contributed by atoms with van der Waals surface area (Å²) in [7, 11) is 4.81. The van der Waals surface area contributed by atoms with E-state index in [-0.39, 0.29) is 22.9 Å². The number of methoxy groups -OCH3 is 2. The van der Waals surface area contributed by atoms with Crippen molar-refractivity contribution >= 4 is 46.9 Å². The van der Waals surface area contributed by atoms with Gasteiger partial charge < -0.3 is 25.4 Å². The summed E-state index contributed by atoms with van der Waals surface area (Å²) in [6, 6.07) is 39.2. The van der Waals surface area contributed by atoms with Crippen molar-refractivity contribution in [1.82, 2.24) is 14.7 Å². The van der Waals surface area contributed by atoms with Crippen LogP contribution < -0.4 is 31.0 Å². The summed E-state index contributed by atoms with van der Waals surface area (Å²) >= 11 is 1.27. The first kappa shape index (κ1) is 38.0. The molecular weight excluding hydrogens is 715 g/mol. The predicted molar refractivity (Wildman–Crippen MR) is 216 cm³/mol. The molecule has 0 fully saturated rings. The lowest BCUT2D eigenvalue weighted by atomic mass is 10.1. The highest BCUT2D eigenvalue weighted by atomic mass is 32.2. The van der Waals surface area contributed by atoms with Crippen LogP contribution in [0.25, 0.3) is 11.8 Å². The maximum Gasteiger partial charge on any atom is 0.295 e. The Labute approximate surface area is 322 Å². The van der Waals surface area contributed by atoms with Crippen molar-refractivity contribution in [2.24, 2.45) is 7.05 Å². The number of nitrogens with zero attached hydrogens (tertiary/aromatic N) is 2. The Morgan fingerprint density at radius 1 is 0.745 bits per heavy atom. The van der Waals surface area contributed by atoms with Crippen molar-refractivity contribution in [3.63, 3.8) is 0 Å². The van der Waals surface area contributed by atoms with Crippen LogP contribution >= 0.6 is 11.8 Å². The van der Waals surface area contributed by atoms with E-state index in [1.165, 1.54) is 30.7 Å². The zero-order valence-corrected chi connectivity index (χ0v) is 31.4. The van der Waals surface area contributed by atoms with Gasteiger partial charge in [-0.3, -0.25) is 23.9 Å². The number of nitrogens with one attached hydrogen (secondary N) is 3. The van der Waals surface area contributed by atoms with Gasteiger partial charge in [0.1, 0.15) is 16.6 Å². The third-order valence-corrected chi connectivity index (χ3v) is 9.98. The highest BCUT2D eigenvalue weighted by Crippen LogP contribution is 2.37. The number of anilines is 2. The third-order valence-electron chi connectivity index (χ3n) is 8.74. The number of benzene rings is 5. The van der Waals surface area contributed by atoms with E-state index in [2.05, 4.69) is 16.0 Å². The summed E-state index contributed by atoms with van der Waals surface area (Å²) in [4.78, 5) is 55.5. The topological polar surface area (TPSA) is 133 Å². The van der Waals surface area contributed by atoms with Crippen LogP contribution in [-0.2, 0) is 16.6 Å². The van der Waals surface area contributed by atoms with Crippen LogP contribution in [0, 0.1) is 6.92 Å². The third kappa shape index (κ3) is 8.89. The number of rotatable bonds is 13. The Hall–Kier alpha value is -6.79. The average molecular weight is 754 g/mol. The lowest BCUT2D eigenvalue weighted by Crippen LogP contribution is -2.30. The van der Waals surface area contributed by atoms with E-state index < -0.39 is 17.1 Å². The fourth-order valence-corrected chi connectivity index (χ4v) is 6.92. The normalized spacial score (nSPS) is 11.7. The van der Waals surface area contributed by atoms with E-state index in [4.69, 9.17) is 9.47 Å². The molecule has 1 atom stereocenters. The fraction of sp³-hybridized carbons (Fsp3) is 0.116. The number of amides is 3. The Bertz CT molecular complexity index is 2410. The van der Waals surface area contributed by atoms with Crippen molar-refractivity contribution in [3.05, 3.63) is 172 Å². The monoisotopic (exact) mass is 753 g/mol. The van der Waals surface area contributed by atoms with Gasteiger partial charge in [-0.2, -0.15) is 0 Å². The predicted octanol–water partition coefficient (Wildman–Crippen LogP) is 7.38. The summed E-state index contributed by atoms with van der Waals surface area (Å²) in [6.45, 7) is 1.78. The van der Waals surface area contributed by atoms with Crippen LogP contribution in [-0.4, -0.2) is 41.3 Å². The van der Waals surface area contributed by atoms with Crippen LogP contribution in [0.15, 0.2) is 149 Å². The van der Waals surface area contributed by atoms with Gasteiger partial charge in [-0.15, -0.1) is 11.8 Å². The Balaban J connectivity index is 1.27. The molecular formula is C43H39N5O6S. The zero-order valence-electron chi connectivity index (χ0n) is 30.6. The number of thioether (sulfide) groups is 1. The maximum atomic E-state index is 14.1. The zero-order chi connectivity index (χ0) is 38.9. The molecule has 3 N–H and O–H groups in total. The number of carbonyl (C=O) groups excluding carboxylic acids is 3. The minimum atomic E-state index is -0.762. The van der Waals surface area contributed by atoms with Gasteiger partial charge in [0.25, 0.3) is 17.4 Å². The van der Waals surface area contributed by atoms with E-state index in [9.17, 15) is 19.2 Å². The molecule has 278 valence electrons. The van der Waals surface area contributed by atoms with Gasteiger partial charge in [0.2, 0.25) is 5.91 Å². The number of hydrogen-bond acceptors (Lipinski definition) is 7. The molecule has 1 unspecified atom stereocenters. The first-order valence-corrected chi connectivity index (χ1v) is 18.1. The molecule has 11 nitrogen and oxygen atoms in total. The van der Waals surface area contributed by atoms with Gasteiger partial charge >= 0.3 is 0 Å². The summed E-state index contributed by atoms with van der Waals surface area (Å²) in [5.41, 5.74) is 3.21. The minimum absolute atomic E-state index is 0.0138. The average Bonchev–Trinajstić information content (AvgIpc) is 3.42. The van der Waals surface area contributed by atoms with E-state index in [0.717, 1.165) is 5.56 Å². The molecule has 55 heavy (non-hydrogen) atoms. The van der Waals surface area contributed by atoms with Gasteiger partial charge in [-0.05, 0) is 78.7 Å². The molecule has 0 saturated carbocycles. The SMILES string of the molecule is COc1ccc(/C=C(/NC(=O)c2ccccc2)C(=O)Nc2cccc(SC(C(=O)Nc3c(C)n(C)n(-c4ccccc4)c3=O)c3ccccc3)c2)cc1OC. The molecule has 1 aromatic heterocycles. The van der Waals surface area contributed by atoms with Crippen LogP contribution in [0.2, 0.25) is 0 Å². The number of ether oxygens (including phenoxy) is 2. The summed E-state index contributed by atoms with van der Waals surface area (Å²) in [5.74, 6) is -0.462. The fourth-order valence-electron chi connectivity index (χ4n) is 5.84. The number of aromatic nitrogens is 2. The molecule has 0 aliphatic carbocycles. The largest absolute Gasteiger partial charge is 0.493 e. The van der Waals surface area contributed by atoms with Crippen LogP contribution in [0.5, 0.6) is 11.5 Å². The second-order valence-electron chi connectivity index (χ2n) is 12.3. The van der Waals surface area contributed by atoms with Gasteiger partial charge in [0, 0.05) is 23.2 Å². The molecule has 0 aliphatic heterocycles. The van der Waals surface area contributed by atoms with Crippen LogP contribution in [0.1, 0.15) is 32.4 Å². The van der Waals surface area contributed by atoms with Crippen LogP contribution in [0.4, 0.5) is 11.4 Å². The second-order valence-corrected chi connectivity index (χ2v) is 13.5. The van der Waals surface area contributed by atoms with Gasteiger partial charge in [-0.1, -0.05) is 78.9 Å². The van der Waals surface area contributed by atoms with E-state index in [0.29, 0.717) is 44.6 Å². The van der Waals surface area contributed by atoms with Gasteiger partial charge in [0.05, 0.1) is 25.6 Å². The minimum Gasteiger partial charge on any atom is -0.493 e. The van der Waals surface area contributed by atoms with Crippen molar-refractivity contribution in [1.29, 1.82) is 0 Å². The Kier molecular flexibility index (Phi) is 12.0. The molecule has 6 rings (SSSR count). The molecule has 0 aliphatic rings. The van der Waals surface area contributed by atoms with Gasteiger partial charge in [0.15, 0.2) is 11.5 Å². The number of hydrogen-bond donors (Lipinski definition) is 3. The summed E-state index contributed by atoms with van der Waals surface area (Å²) in [6.07, 6.45) is 1.55. The highest BCUT2D eigenvalue weighted by molar-refractivity contribution is 8.00. The second kappa shape index (κ2) is 17.4. The number of para-hydroxylation sites is 1. The molecule has 3 amide bonds. The Morgan fingerprint density at radius 3 is 2.07 bits per heavy atom. The lowest BCUT2D eigenvalue weighted by Gasteiger charge is -2.17. The molecule has 1 heterocycles. The molecule has 0 bridgehead atoms. The first-order chi connectivity index (χ1) is 26.7. The highest BCUT2D eigenvalue weighted by Gasteiger charge is 2.26. The maximum absolute atomic E-state index is 14.1. The quantitative estimate of drug-likeness (QED) is 0.0828. The molecule has 5 aromatic carbocycles. The number of carbonyl (C=O) groups is 3. The van der Waals surface area contributed by atoms with Crippen molar-refractivity contribution in [3.8, 4) is 17.2 Å². The molecule has 12 heteroatoms. The molecule has 0 saturated heterocycles. The van der Waals surface area contributed by atoms with Crippen LogP contribution in [0.3, 0.4) is 0 Å². The van der Waals surface area contributed by atoms with E-state index in [1.807, 2.05) is 66.7 Å². The summed E-state index contributed by atoms with van der Waals surface area (Å²) < 4.78 is 14.0. The van der Waals surface area contributed by atoms with Crippen molar-refractivity contribution in [2.75, 3.05) is 24.9 Å². The molecule has 0 radical (unpaired) electrons. The summed E-state index contributed by atoms with van der Waals surface area (Å²) in [5, 5.41) is 7.79.